The van der Waals surface area contributed by atoms with Crippen LogP contribution in [-0.2, 0) is 29.4 Å². The lowest BCUT2D eigenvalue weighted by molar-refractivity contribution is -0.107. The predicted molar refractivity (Wildman–Crippen MR) is 167 cm³/mol. The summed E-state index contributed by atoms with van der Waals surface area (Å²) in [6.45, 7) is 4.24. The Bertz CT molecular complexity index is 1470. The number of aldehydes is 1. The van der Waals surface area contributed by atoms with Crippen LogP contribution in [0.3, 0.4) is 0 Å². The van der Waals surface area contributed by atoms with Crippen molar-refractivity contribution >= 4 is 40.0 Å². The van der Waals surface area contributed by atoms with Gasteiger partial charge in [0, 0.05) is 58.1 Å². The molecule has 2 aliphatic rings. The van der Waals surface area contributed by atoms with E-state index in [0.29, 0.717) is 28.3 Å². The van der Waals surface area contributed by atoms with Crippen molar-refractivity contribution in [2.75, 3.05) is 51.7 Å². The zero-order chi connectivity index (χ0) is 30.5. The number of aryl methyl sites for hydroxylation is 1. The van der Waals surface area contributed by atoms with Crippen LogP contribution in [0.2, 0.25) is 0 Å². The summed E-state index contributed by atoms with van der Waals surface area (Å²) in [4.78, 5) is 28.1. The normalized spacial score (nSPS) is 18.1. The molecule has 1 atom stereocenters. The van der Waals surface area contributed by atoms with Gasteiger partial charge in [0.15, 0.2) is 11.6 Å². The summed E-state index contributed by atoms with van der Waals surface area (Å²) in [5, 5.41) is 10.9. The molecule has 0 spiro atoms. The minimum atomic E-state index is -1.16. The highest BCUT2D eigenvalue weighted by atomic mass is 32.2. The monoisotopic (exact) mass is 611 g/mol. The number of amides is 2. The van der Waals surface area contributed by atoms with Crippen LogP contribution in [0.15, 0.2) is 41.3 Å². The van der Waals surface area contributed by atoms with Gasteiger partial charge in [-0.3, -0.25) is 14.5 Å². The minimum absolute atomic E-state index is 0.0727. The Morgan fingerprint density at radius 1 is 1.12 bits per heavy atom. The smallest absolute Gasteiger partial charge is 0.322 e. The lowest BCUT2D eigenvalue weighted by atomic mass is 9.88. The fourth-order valence-electron chi connectivity index (χ4n) is 6.33. The number of urea groups is 1. The topological polar surface area (TPSA) is 103 Å². The van der Waals surface area contributed by atoms with Gasteiger partial charge in [-0.05, 0) is 81.1 Å². The van der Waals surface area contributed by atoms with Gasteiger partial charge in [0.05, 0.1) is 4.90 Å². The van der Waals surface area contributed by atoms with E-state index < -0.39 is 17.0 Å². The number of hydrogen-bond acceptors (Lipinski definition) is 6. The molecule has 0 radical (unpaired) electrons. The molecule has 2 amide bonds. The van der Waals surface area contributed by atoms with Gasteiger partial charge in [0.2, 0.25) is 0 Å². The highest BCUT2D eigenvalue weighted by Crippen LogP contribution is 2.36. The second-order valence-electron chi connectivity index (χ2n) is 11.4. The van der Waals surface area contributed by atoms with Gasteiger partial charge in [-0.25, -0.2) is 17.7 Å². The summed E-state index contributed by atoms with van der Waals surface area (Å²) in [7, 11) is 4.01. The molecule has 2 N–H and O–H groups in total. The summed E-state index contributed by atoms with van der Waals surface area (Å²) in [6.07, 6.45) is 4.55. The molecule has 2 saturated heterocycles. The Hall–Kier alpha value is -3.19. The van der Waals surface area contributed by atoms with Crippen LogP contribution in [0.4, 0.5) is 15.0 Å². The van der Waals surface area contributed by atoms with Crippen molar-refractivity contribution in [1.82, 2.24) is 29.6 Å². The Balaban J connectivity index is 1.24. The van der Waals surface area contributed by atoms with Crippen LogP contribution in [0.25, 0.3) is 10.9 Å². The number of carbonyl (C=O) groups excluding carboxylic acids is 2. The number of carbonyl (C=O) groups is 2. The maximum absolute atomic E-state index is 16.0. The van der Waals surface area contributed by atoms with Crippen molar-refractivity contribution in [3.05, 3.63) is 53.3 Å². The van der Waals surface area contributed by atoms with E-state index in [0.717, 1.165) is 75.2 Å². The molecular weight excluding hydrogens is 569 g/mol. The molecule has 0 aliphatic carbocycles. The standard InChI is InChI=1S/C31H42FN7O3S/c1-33-24-12-17-38(18-13-24)43(42)25-7-4-6-22(20-25)21-37-15-10-23(11-16-37)26-8-9-27-29(28(26)32)36(3)35-30(27)39(14-5-19-40)31(41)34-2/h4,6-9,19-20,23-24,33H,5,10-18,21H2,1-3H3,(H,34,41). The molecule has 12 heteroatoms. The van der Waals surface area contributed by atoms with Crippen molar-refractivity contribution in [3.63, 3.8) is 0 Å². The van der Waals surface area contributed by atoms with Crippen LogP contribution in [0, 0.1) is 5.82 Å². The van der Waals surface area contributed by atoms with E-state index in [2.05, 4.69) is 37.1 Å². The van der Waals surface area contributed by atoms with E-state index in [1.165, 1.54) is 16.6 Å². The molecule has 2 aliphatic heterocycles. The Labute approximate surface area is 255 Å². The second-order valence-corrected chi connectivity index (χ2v) is 12.9. The summed E-state index contributed by atoms with van der Waals surface area (Å²) in [6, 6.07) is 11.9. The first-order chi connectivity index (χ1) is 20.8. The Kier molecular flexibility index (Phi) is 10.2. The molecule has 2 aromatic carbocycles. The number of benzene rings is 2. The molecule has 232 valence electrons. The summed E-state index contributed by atoms with van der Waals surface area (Å²) < 4.78 is 32.8. The molecule has 0 saturated carbocycles. The lowest BCUT2D eigenvalue weighted by Gasteiger charge is -2.32. The third-order valence-corrected chi connectivity index (χ3v) is 10.3. The van der Waals surface area contributed by atoms with Crippen molar-refractivity contribution in [1.29, 1.82) is 0 Å². The molecule has 10 nitrogen and oxygen atoms in total. The first-order valence-corrected chi connectivity index (χ1v) is 16.2. The molecule has 1 unspecified atom stereocenters. The third-order valence-electron chi connectivity index (χ3n) is 8.77. The first-order valence-electron chi connectivity index (χ1n) is 15.1. The average molecular weight is 612 g/mol. The van der Waals surface area contributed by atoms with Crippen LogP contribution in [0.1, 0.15) is 49.1 Å². The minimum Gasteiger partial charge on any atom is -0.341 e. The van der Waals surface area contributed by atoms with Crippen molar-refractivity contribution < 1.29 is 18.2 Å². The number of nitrogens with zero attached hydrogens (tertiary/aromatic N) is 5. The SMILES string of the molecule is CNC(=O)N(CCC=O)c1nn(C)c2c(F)c(C3CCN(Cc4cccc(S(=O)N5CCC(NC)CC5)c4)CC3)ccc12. The van der Waals surface area contributed by atoms with Crippen LogP contribution < -0.4 is 15.5 Å². The number of rotatable bonds is 10. The lowest BCUT2D eigenvalue weighted by Crippen LogP contribution is -2.41. The molecule has 0 bridgehead atoms. The number of aromatic nitrogens is 2. The van der Waals surface area contributed by atoms with Crippen molar-refractivity contribution in [3.8, 4) is 0 Å². The molecule has 3 aromatic rings. The molecule has 2 fully saturated rings. The quantitative estimate of drug-likeness (QED) is 0.340. The van der Waals surface area contributed by atoms with Crippen molar-refractivity contribution in [2.24, 2.45) is 7.05 Å². The molecule has 43 heavy (non-hydrogen) atoms. The van der Waals surface area contributed by atoms with E-state index in [-0.39, 0.29) is 24.7 Å². The number of likely N-dealkylation sites (tertiary alicyclic amines) is 1. The highest BCUT2D eigenvalue weighted by Gasteiger charge is 2.28. The Morgan fingerprint density at radius 3 is 2.53 bits per heavy atom. The first kappa shape index (κ1) is 31.2. The number of halogens is 1. The average Bonchev–Trinajstić information content (AvgIpc) is 3.38. The van der Waals surface area contributed by atoms with Gasteiger partial charge in [-0.1, -0.05) is 18.2 Å². The van der Waals surface area contributed by atoms with E-state index in [4.69, 9.17) is 0 Å². The van der Waals surface area contributed by atoms with Gasteiger partial charge in [-0.15, -0.1) is 0 Å². The van der Waals surface area contributed by atoms with Gasteiger partial charge in [0.25, 0.3) is 0 Å². The van der Waals surface area contributed by atoms with Gasteiger partial charge < -0.3 is 15.4 Å². The molecular formula is C31H42FN7O3S. The third kappa shape index (κ3) is 6.82. The fraction of sp³-hybridized carbons (Fsp3) is 0.516. The summed E-state index contributed by atoms with van der Waals surface area (Å²) >= 11 is 0. The number of nitrogens with one attached hydrogen (secondary N) is 2. The van der Waals surface area contributed by atoms with E-state index in [1.54, 1.807) is 7.05 Å². The molecule has 3 heterocycles. The van der Waals surface area contributed by atoms with Crippen molar-refractivity contribution in [2.45, 2.75) is 55.5 Å². The van der Waals surface area contributed by atoms with E-state index >= 15 is 4.39 Å². The summed E-state index contributed by atoms with van der Waals surface area (Å²) in [5.74, 6) is 0.103. The fourth-order valence-corrected chi connectivity index (χ4v) is 7.62. The summed E-state index contributed by atoms with van der Waals surface area (Å²) in [5.41, 5.74) is 2.16. The zero-order valence-electron chi connectivity index (χ0n) is 25.2. The van der Waals surface area contributed by atoms with E-state index in [1.807, 2.05) is 31.3 Å². The maximum Gasteiger partial charge on any atom is 0.322 e. The number of anilines is 1. The van der Waals surface area contributed by atoms with Gasteiger partial charge >= 0.3 is 6.03 Å². The number of hydrogen-bond donors (Lipinski definition) is 2. The van der Waals surface area contributed by atoms with Gasteiger partial charge in [0.1, 0.15) is 22.8 Å². The highest BCUT2D eigenvalue weighted by molar-refractivity contribution is 7.82. The van der Waals surface area contributed by atoms with Crippen LogP contribution >= 0.6 is 0 Å². The second kappa shape index (κ2) is 14.1. The van der Waals surface area contributed by atoms with Crippen LogP contribution in [-0.4, -0.2) is 88.4 Å². The maximum atomic E-state index is 16.0. The van der Waals surface area contributed by atoms with E-state index in [9.17, 15) is 13.8 Å². The predicted octanol–water partition coefficient (Wildman–Crippen LogP) is 3.53. The molecule has 5 rings (SSSR count). The van der Waals surface area contributed by atoms with Gasteiger partial charge in [-0.2, -0.15) is 5.10 Å². The number of fused-ring (bicyclic) bond motifs is 1. The zero-order valence-corrected chi connectivity index (χ0v) is 26.0. The van der Waals surface area contributed by atoms with Crippen LogP contribution in [0.5, 0.6) is 0 Å². The largest absolute Gasteiger partial charge is 0.341 e. The molecule has 1 aromatic heterocycles. The Morgan fingerprint density at radius 2 is 1.86 bits per heavy atom. The number of piperidine rings is 2.